The van der Waals surface area contributed by atoms with Crippen LogP contribution in [0.4, 0.5) is 0 Å². The van der Waals surface area contributed by atoms with Crippen LogP contribution in [0.25, 0.3) is 0 Å². The molecule has 0 bridgehead atoms. The lowest BCUT2D eigenvalue weighted by molar-refractivity contribution is -0.124. The average molecular weight is 538 g/mol. The number of hydrogen-bond acceptors (Lipinski definition) is 4. The number of aliphatic hydroxyl groups excluding tert-OH is 3. The molecule has 0 saturated heterocycles. The van der Waals surface area contributed by atoms with Crippen molar-refractivity contribution in [3.8, 4) is 0 Å². The Hall–Kier alpha value is -1.17. The number of unbranched alkanes of at least 4 members (excludes halogenated alkanes) is 17. The fourth-order valence-electron chi connectivity index (χ4n) is 4.71. The first-order valence-electron chi connectivity index (χ1n) is 16.1. The molecular weight excluding hydrogens is 474 g/mol. The molecule has 3 atom stereocenters. The van der Waals surface area contributed by atoms with Gasteiger partial charge < -0.3 is 20.6 Å². The molecule has 0 aromatic heterocycles. The summed E-state index contributed by atoms with van der Waals surface area (Å²) >= 11 is 0. The number of carbonyl (C=O) groups is 1. The summed E-state index contributed by atoms with van der Waals surface area (Å²) in [6.45, 7) is 4.14. The Labute approximate surface area is 235 Å². The molecule has 0 spiro atoms. The molecule has 0 fully saturated rings. The first kappa shape index (κ1) is 36.8. The molecule has 5 nitrogen and oxygen atoms in total. The van der Waals surface area contributed by atoms with Crippen molar-refractivity contribution >= 4 is 5.91 Å². The van der Waals surface area contributed by atoms with Crippen LogP contribution in [0.1, 0.15) is 155 Å². The molecule has 0 saturated carbocycles. The van der Waals surface area contributed by atoms with Gasteiger partial charge >= 0.3 is 0 Å². The van der Waals surface area contributed by atoms with E-state index in [4.69, 9.17) is 0 Å². The predicted molar refractivity (Wildman–Crippen MR) is 162 cm³/mol. The maximum Gasteiger partial charge on any atom is 0.222 e. The maximum absolute atomic E-state index is 12.3. The minimum Gasteiger partial charge on any atom is -0.394 e. The third-order valence-electron chi connectivity index (χ3n) is 7.24. The van der Waals surface area contributed by atoms with Gasteiger partial charge in [0.25, 0.3) is 0 Å². The maximum atomic E-state index is 12.3. The lowest BCUT2D eigenvalue weighted by Crippen LogP contribution is -2.45. The van der Waals surface area contributed by atoms with Gasteiger partial charge in [0.15, 0.2) is 0 Å². The van der Waals surface area contributed by atoms with E-state index in [0.29, 0.717) is 6.42 Å². The summed E-state index contributed by atoms with van der Waals surface area (Å²) in [6, 6.07) is -0.754. The number of amides is 1. The normalized spacial score (nSPS) is 14.3. The van der Waals surface area contributed by atoms with E-state index in [9.17, 15) is 20.1 Å². The average Bonchev–Trinajstić information content (AvgIpc) is 2.90. The van der Waals surface area contributed by atoms with Crippen LogP contribution in [0.5, 0.6) is 0 Å². The van der Waals surface area contributed by atoms with Gasteiger partial charge in [-0.2, -0.15) is 0 Å². The highest BCUT2D eigenvalue weighted by Gasteiger charge is 2.20. The van der Waals surface area contributed by atoms with E-state index >= 15 is 0 Å². The standard InChI is InChI=1S/C33H63NO4/c1-3-5-7-9-11-13-15-16-17-19-21-23-25-27-32(37)31(29-35)34-33(38)28-30(36)26-24-22-20-18-14-12-10-8-6-4-2/h17,19,25,27,30-32,35-37H,3-16,18,20-24,26,28-29H2,1-2H3,(H,34,38)/b19-17+,27-25+. The summed E-state index contributed by atoms with van der Waals surface area (Å²) in [4.78, 5) is 12.3. The Balaban J connectivity index is 3.86. The fraction of sp³-hybridized carbons (Fsp3) is 0.848. The largest absolute Gasteiger partial charge is 0.394 e. The molecule has 0 heterocycles. The summed E-state index contributed by atoms with van der Waals surface area (Å²) in [5.41, 5.74) is 0. The lowest BCUT2D eigenvalue weighted by atomic mass is 10.0. The first-order chi connectivity index (χ1) is 18.5. The molecular formula is C33H63NO4. The highest BCUT2D eigenvalue weighted by atomic mass is 16.3. The molecule has 5 heteroatoms. The molecule has 38 heavy (non-hydrogen) atoms. The van der Waals surface area contributed by atoms with Crippen LogP contribution < -0.4 is 5.32 Å². The zero-order valence-electron chi connectivity index (χ0n) is 25.1. The zero-order valence-corrected chi connectivity index (χ0v) is 25.1. The Kier molecular flexibility index (Phi) is 27.9. The topological polar surface area (TPSA) is 89.8 Å². The Morgan fingerprint density at radius 2 is 1.13 bits per heavy atom. The van der Waals surface area contributed by atoms with Gasteiger partial charge in [0.05, 0.1) is 31.3 Å². The van der Waals surface area contributed by atoms with Crippen molar-refractivity contribution in [2.75, 3.05) is 6.61 Å². The van der Waals surface area contributed by atoms with Crippen molar-refractivity contribution < 1.29 is 20.1 Å². The number of hydrogen-bond donors (Lipinski definition) is 4. The summed E-state index contributed by atoms with van der Waals surface area (Å²) in [5.74, 6) is -0.329. The van der Waals surface area contributed by atoms with Crippen molar-refractivity contribution in [2.24, 2.45) is 0 Å². The molecule has 0 radical (unpaired) electrons. The quantitative estimate of drug-likeness (QED) is 0.0603. The highest BCUT2D eigenvalue weighted by molar-refractivity contribution is 5.76. The van der Waals surface area contributed by atoms with Gasteiger partial charge in [0.2, 0.25) is 5.91 Å². The second-order valence-corrected chi connectivity index (χ2v) is 11.1. The number of nitrogens with one attached hydrogen (secondary N) is 1. The Morgan fingerprint density at radius 3 is 1.68 bits per heavy atom. The van der Waals surface area contributed by atoms with Crippen molar-refractivity contribution in [3.63, 3.8) is 0 Å². The lowest BCUT2D eigenvalue weighted by Gasteiger charge is -2.21. The van der Waals surface area contributed by atoms with E-state index in [1.807, 2.05) is 6.08 Å². The van der Waals surface area contributed by atoms with Crippen LogP contribution in [0.2, 0.25) is 0 Å². The second-order valence-electron chi connectivity index (χ2n) is 11.1. The van der Waals surface area contributed by atoms with Gasteiger partial charge in [-0.25, -0.2) is 0 Å². The number of allylic oxidation sites excluding steroid dienone is 3. The van der Waals surface area contributed by atoms with Gasteiger partial charge in [-0.1, -0.05) is 141 Å². The Morgan fingerprint density at radius 1 is 0.658 bits per heavy atom. The minimum atomic E-state index is -0.945. The summed E-state index contributed by atoms with van der Waals surface area (Å²) in [5, 5.41) is 32.8. The molecule has 224 valence electrons. The van der Waals surface area contributed by atoms with Gasteiger partial charge in [-0.15, -0.1) is 0 Å². The van der Waals surface area contributed by atoms with E-state index in [0.717, 1.165) is 32.1 Å². The third kappa shape index (κ3) is 25.1. The van der Waals surface area contributed by atoms with Crippen LogP contribution >= 0.6 is 0 Å². The molecule has 0 aliphatic heterocycles. The molecule has 3 unspecified atom stereocenters. The zero-order chi connectivity index (χ0) is 28.1. The highest BCUT2D eigenvalue weighted by Crippen LogP contribution is 2.13. The van der Waals surface area contributed by atoms with E-state index in [-0.39, 0.29) is 18.9 Å². The smallest absolute Gasteiger partial charge is 0.222 e. The predicted octanol–water partition coefficient (Wildman–Crippen LogP) is 7.92. The summed E-state index contributed by atoms with van der Waals surface area (Å²) < 4.78 is 0. The van der Waals surface area contributed by atoms with Crippen molar-refractivity contribution in [3.05, 3.63) is 24.3 Å². The van der Waals surface area contributed by atoms with Crippen molar-refractivity contribution in [2.45, 2.75) is 173 Å². The van der Waals surface area contributed by atoms with Crippen LogP contribution in [-0.4, -0.2) is 46.1 Å². The summed E-state index contributed by atoms with van der Waals surface area (Å²) in [7, 11) is 0. The van der Waals surface area contributed by atoms with Gasteiger partial charge in [-0.05, 0) is 32.1 Å². The fourth-order valence-corrected chi connectivity index (χ4v) is 4.71. The van der Waals surface area contributed by atoms with E-state index < -0.39 is 18.2 Å². The van der Waals surface area contributed by atoms with Crippen molar-refractivity contribution in [1.82, 2.24) is 5.32 Å². The molecule has 0 aromatic carbocycles. The molecule has 0 rings (SSSR count). The Bertz CT molecular complexity index is 563. The second kappa shape index (κ2) is 28.8. The number of carbonyl (C=O) groups excluding carboxylic acids is 1. The minimum absolute atomic E-state index is 0.00783. The van der Waals surface area contributed by atoms with Crippen LogP contribution in [0, 0.1) is 0 Å². The van der Waals surface area contributed by atoms with E-state index in [2.05, 4.69) is 31.3 Å². The van der Waals surface area contributed by atoms with E-state index in [1.165, 1.54) is 96.3 Å². The summed E-state index contributed by atoms with van der Waals surface area (Å²) in [6.07, 6.45) is 31.5. The van der Waals surface area contributed by atoms with Gasteiger partial charge in [0.1, 0.15) is 0 Å². The van der Waals surface area contributed by atoms with Gasteiger partial charge in [0, 0.05) is 0 Å². The van der Waals surface area contributed by atoms with E-state index in [1.54, 1.807) is 6.08 Å². The molecule has 0 aliphatic rings. The van der Waals surface area contributed by atoms with Gasteiger partial charge in [-0.3, -0.25) is 4.79 Å². The SMILES string of the molecule is CCCCCCCCC/C=C/CC/C=C/C(O)C(CO)NC(=O)CC(O)CCCCCCCCCCCC. The van der Waals surface area contributed by atoms with Crippen LogP contribution in [-0.2, 0) is 4.79 Å². The monoisotopic (exact) mass is 537 g/mol. The molecule has 0 aromatic rings. The molecule has 1 amide bonds. The van der Waals surface area contributed by atoms with Crippen LogP contribution in [0.15, 0.2) is 24.3 Å². The van der Waals surface area contributed by atoms with Crippen LogP contribution in [0.3, 0.4) is 0 Å². The third-order valence-corrected chi connectivity index (χ3v) is 7.24. The number of aliphatic hydroxyl groups is 3. The molecule has 0 aliphatic carbocycles. The molecule has 4 N–H and O–H groups in total. The van der Waals surface area contributed by atoms with Crippen molar-refractivity contribution in [1.29, 1.82) is 0 Å². The number of rotatable bonds is 28. The first-order valence-corrected chi connectivity index (χ1v) is 16.1.